The SMILES string of the molecule is CC(=O)c1ccc(NC(=O)Cn2c(=O)n(Cc3ccc(C)c(C)c3)c(=O)c3sccc32)cc1. The Kier molecular flexibility index (Phi) is 6.11. The van der Waals surface area contributed by atoms with Crippen molar-refractivity contribution in [3.63, 3.8) is 0 Å². The summed E-state index contributed by atoms with van der Waals surface area (Å²) in [5.74, 6) is -0.470. The Bertz CT molecular complexity index is 1490. The van der Waals surface area contributed by atoms with Crippen molar-refractivity contribution in [2.75, 3.05) is 5.32 Å². The Balaban J connectivity index is 1.67. The molecule has 0 bridgehead atoms. The molecule has 0 saturated heterocycles. The molecule has 0 spiro atoms. The molecule has 2 heterocycles. The highest BCUT2D eigenvalue weighted by atomic mass is 32.1. The van der Waals surface area contributed by atoms with Crippen LogP contribution in [0.15, 0.2) is 63.5 Å². The number of amides is 1. The number of Topliss-reactive ketones (excluding diaryl/α,β-unsaturated/α-hetero) is 1. The van der Waals surface area contributed by atoms with Gasteiger partial charge in [-0.1, -0.05) is 18.2 Å². The predicted octanol–water partition coefficient (Wildman–Crippen LogP) is 3.73. The summed E-state index contributed by atoms with van der Waals surface area (Å²) in [6.45, 7) is 5.34. The van der Waals surface area contributed by atoms with Crippen LogP contribution in [0, 0.1) is 13.8 Å². The molecule has 8 heteroatoms. The lowest BCUT2D eigenvalue weighted by atomic mass is 10.1. The Morgan fingerprint density at radius 1 is 0.939 bits per heavy atom. The van der Waals surface area contributed by atoms with Crippen molar-refractivity contribution in [3.05, 3.63) is 97.0 Å². The highest BCUT2D eigenvalue weighted by molar-refractivity contribution is 7.17. The van der Waals surface area contributed by atoms with Gasteiger partial charge in [-0.25, -0.2) is 4.79 Å². The van der Waals surface area contributed by atoms with Gasteiger partial charge in [-0.05, 0) is 73.2 Å². The lowest BCUT2D eigenvalue weighted by molar-refractivity contribution is -0.116. The molecule has 2 aromatic carbocycles. The summed E-state index contributed by atoms with van der Waals surface area (Å²) < 4.78 is 2.93. The number of thiophene rings is 1. The maximum Gasteiger partial charge on any atom is 0.332 e. The van der Waals surface area contributed by atoms with Crippen molar-refractivity contribution in [2.45, 2.75) is 33.9 Å². The highest BCUT2D eigenvalue weighted by Crippen LogP contribution is 2.17. The molecule has 4 aromatic rings. The van der Waals surface area contributed by atoms with Gasteiger partial charge in [0.25, 0.3) is 5.56 Å². The number of fused-ring (bicyclic) bond motifs is 1. The van der Waals surface area contributed by atoms with Crippen LogP contribution in [-0.2, 0) is 17.9 Å². The maximum absolute atomic E-state index is 13.3. The van der Waals surface area contributed by atoms with Gasteiger partial charge in [0, 0.05) is 11.3 Å². The van der Waals surface area contributed by atoms with Crippen LogP contribution in [-0.4, -0.2) is 20.8 Å². The number of carbonyl (C=O) groups is 2. The first-order chi connectivity index (χ1) is 15.7. The van der Waals surface area contributed by atoms with Gasteiger partial charge in [0.15, 0.2) is 5.78 Å². The standard InChI is InChI=1S/C25H23N3O4S/c1-15-4-5-18(12-16(15)2)13-28-24(31)23-21(10-11-33-23)27(25(28)32)14-22(30)26-20-8-6-19(7-9-20)17(3)29/h4-12H,13-14H2,1-3H3,(H,26,30). The Hall–Kier alpha value is -3.78. The van der Waals surface area contributed by atoms with E-state index in [1.807, 2.05) is 32.0 Å². The zero-order chi connectivity index (χ0) is 23.7. The number of nitrogens with one attached hydrogen (secondary N) is 1. The fraction of sp³-hybridized carbons (Fsp3) is 0.200. The molecule has 0 radical (unpaired) electrons. The molecule has 2 aromatic heterocycles. The fourth-order valence-electron chi connectivity index (χ4n) is 3.64. The maximum atomic E-state index is 13.3. The third kappa shape index (κ3) is 4.56. The van der Waals surface area contributed by atoms with Gasteiger partial charge in [0.2, 0.25) is 5.91 Å². The first kappa shape index (κ1) is 22.4. The largest absolute Gasteiger partial charge is 0.332 e. The molecule has 0 saturated carbocycles. The predicted molar refractivity (Wildman–Crippen MR) is 130 cm³/mol. The minimum atomic E-state index is -0.536. The Morgan fingerprint density at radius 2 is 1.67 bits per heavy atom. The van der Waals surface area contributed by atoms with Gasteiger partial charge in [-0.3, -0.25) is 23.5 Å². The average molecular weight is 462 g/mol. The van der Waals surface area contributed by atoms with Crippen molar-refractivity contribution in [2.24, 2.45) is 0 Å². The molecule has 0 aliphatic carbocycles. The van der Waals surface area contributed by atoms with Crippen LogP contribution in [0.3, 0.4) is 0 Å². The van der Waals surface area contributed by atoms with Crippen molar-refractivity contribution in [3.8, 4) is 0 Å². The van der Waals surface area contributed by atoms with Crippen LogP contribution < -0.4 is 16.6 Å². The summed E-state index contributed by atoms with van der Waals surface area (Å²) in [6, 6.07) is 14.0. The van der Waals surface area contributed by atoms with Crippen LogP contribution in [0.25, 0.3) is 10.2 Å². The Labute approximate surface area is 193 Å². The molecule has 0 unspecified atom stereocenters. The van der Waals surface area contributed by atoms with Crippen LogP contribution in [0.2, 0.25) is 0 Å². The van der Waals surface area contributed by atoms with E-state index in [4.69, 9.17) is 0 Å². The lowest BCUT2D eigenvalue weighted by Crippen LogP contribution is -2.41. The van der Waals surface area contributed by atoms with Gasteiger partial charge in [0.05, 0.1) is 12.1 Å². The van der Waals surface area contributed by atoms with E-state index in [1.165, 1.54) is 27.4 Å². The second-order valence-electron chi connectivity index (χ2n) is 8.00. The summed E-state index contributed by atoms with van der Waals surface area (Å²) in [6.07, 6.45) is 0. The van der Waals surface area contributed by atoms with Crippen molar-refractivity contribution in [1.29, 1.82) is 0 Å². The zero-order valence-corrected chi connectivity index (χ0v) is 19.4. The smallest absolute Gasteiger partial charge is 0.325 e. The molecule has 0 atom stereocenters. The number of carbonyl (C=O) groups excluding carboxylic acids is 2. The summed E-state index contributed by atoms with van der Waals surface area (Å²) in [7, 11) is 0. The number of aromatic nitrogens is 2. The average Bonchev–Trinajstić information content (AvgIpc) is 3.27. The van der Waals surface area contributed by atoms with Crippen molar-refractivity contribution in [1.82, 2.24) is 9.13 Å². The van der Waals surface area contributed by atoms with E-state index < -0.39 is 11.6 Å². The minimum absolute atomic E-state index is 0.0645. The van der Waals surface area contributed by atoms with E-state index in [9.17, 15) is 19.2 Å². The molecular weight excluding hydrogens is 438 g/mol. The van der Waals surface area contributed by atoms with Crippen molar-refractivity contribution < 1.29 is 9.59 Å². The molecule has 0 fully saturated rings. The first-order valence-electron chi connectivity index (χ1n) is 10.4. The summed E-state index contributed by atoms with van der Waals surface area (Å²) in [5.41, 5.74) is 3.65. The van der Waals surface area contributed by atoms with Crippen LogP contribution in [0.1, 0.15) is 34.0 Å². The van der Waals surface area contributed by atoms with Gasteiger partial charge in [-0.15, -0.1) is 11.3 Å². The molecule has 33 heavy (non-hydrogen) atoms. The van der Waals surface area contributed by atoms with Crippen LogP contribution in [0.5, 0.6) is 0 Å². The fourth-order valence-corrected chi connectivity index (χ4v) is 4.49. The number of rotatable bonds is 6. The first-order valence-corrected chi connectivity index (χ1v) is 11.3. The number of aryl methyl sites for hydroxylation is 2. The molecule has 0 aliphatic heterocycles. The number of nitrogens with zero attached hydrogens (tertiary/aromatic N) is 2. The molecule has 168 valence electrons. The van der Waals surface area contributed by atoms with Gasteiger partial charge in [0.1, 0.15) is 11.2 Å². The highest BCUT2D eigenvalue weighted by Gasteiger charge is 2.17. The van der Waals surface area contributed by atoms with Gasteiger partial charge >= 0.3 is 5.69 Å². The zero-order valence-electron chi connectivity index (χ0n) is 18.5. The molecular formula is C25H23N3O4S. The Morgan fingerprint density at radius 3 is 2.33 bits per heavy atom. The number of ketones is 1. The minimum Gasteiger partial charge on any atom is -0.325 e. The number of hydrogen-bond donors (Lipinski definition) is 1. The van der Waals surface area contributed by atoms with Gasteiger partial charge < -0.3 is 5.32 Å². The normalized spacial score (nSPS) is 11.0. The third-order valence-corrected chi connectivity index (χ3v) is 6.52. The van der Waals surface area contributed by atoms with Crippen LogP contribution in [0.4, 0.5) is 5.69 Å². The lowest BCUT2D eigenvalue weighted by Gasteiger charge is -2.13. The monoisotopic (exact) mass is 461 g/mol. The second-order valence-corrected chi connectivity index (χ2v) is 8.91. The summed E-state index contributed by atoms with van der Waals surface area (Å²) in [4.78, 5) is 50.5. The molecule has 7 nitrogen and oxygen atoms in total. The van der Waals surface area contributed by atoms with E-state index in [0.717, 1.165) is 16.7 Å². The number of hydrogen-bond acceptors (Lipinski definition) is 5. The second kappa shape index (κ2) is 8.99. The number of benzene rings is 2. The van der Waals surface area contributed by atoms with E-state index in [0.29, 0.717) is 21.5 Å². The van der Waals surface area contributed by atoms with E-state index >= 15 is 0 Å². The molecule has 1 N–H and O–H groups in total. The van der Waals surface area contributed by atoms with E-state index in [-0.39, 0.29) is 24.4 Å². The molecule has 0 aliphatic rings. The third-order valence-electron chi connectivity index (χ3n) is 5.63. The molecule has 4 rings (SSSR count). The number of anilines is 1. The van der Waals surface area contributed by atoms with Crippen molar-refractivity contribution >= 4 is 38.9 Å². The summed E-state index contributed by atoms with van der Waals surface area (Å²) in [5, 5.41) is 4.48. The van der Waals surface area contributed by atoms with E-state index in [1.54, 1.807) is 35.7 Å². The molecule has 1 amide bonds. The van der Waals surface area contributed by atoms with Gasteiger partial charge in [-0.2, -0.15) is 0 Å². The quantitative estimate of drug-likeness (QED) is 0.443. The van der Waals surface area contributed by atoms with E-state index in [2.05, 4.69) is 5.32 Å². The topological polar surface area (TPSA) is 90.2 Å². The summed E-state index contributed by atoms with van der Waals surface area (Å²) >= 11 is 1.25. The van der Waals surface area contributed by atoms with Crippen LogP contribution >= 0.6 is 11.3 Å².